The SMILES string of the molecule is CCC1OC1CCCCCCCCC(O)/C=C/C=C/C=C/C=C/C(=O)O. The highest BCUT2D eigenvalue weighted by molar-refractivity contribution is 5.80. The first-order valence-electron chi connectivity index (χ1n) is 9.88. The van der Waals surface area contributed by atoms with Gasteiger partial charge in [0.05, 0.1) is 18.3 Å². The lowest BCUT2D eigenvalue weighted by Crippen LogP contribution is -2.01. The molecular formula is C22H34O4. The fourth-order valence-corrected chi connectivity index (χ4v) is 2.88. The molecule has 0 aromatic carbocycles. The minimum absolute atomic E-state index is 0.395. The third kappa shape index (κ3) is 12.7. The van der Waals surface area contributed by atoms with E-state index in [1.54, 1.807) is 24.3 Å². The van der Waals surface area contributed by atoms with Crippen molar-refractivity contribution in [3.63, 3.8) is 0 Å². The first-order valence-corrected chi connectivity index (χ1v) is 9.88. The van der Waals surface area contributed by atoms with E-state index in [9.17, 15) is 9.90 Å². The maximum Gasteiger partial charge on any atom is 0.328 e. The van der Waals surface area contributed by atoms with Crippen molar-refractivity contribution in [3.8, 4) is 0 Å². The second-order valence-electron chi connectivity index (χ2n) is 6.74. The fraction of sp³-hybridized carbons (Fsp3) is 0.591. The predicted octanol–water partition coefficient (Wildman–Crippen LogP) is 4.95. The molecule has 4 nitrogen and oxygen atoms in total. The maximum absolute atomic E-state index is 10.2. The van der Waals surface area contributed by atoms with Gasteiger partial charge in [-0.1, -0.05) is 88.0 Å². The van der Waals surface area contributed by atoms with Crippen LogP contribution in [0.2, 0.25) is 0 Å². The number of carbonyl (C=O) groups is 1. The molecule has 1 aliphatic rings. The average Bonchev–Trinajstić information content (AvgIpc) is 3.38. The van der Waals surface area contributed by atoms with Crippen molar-refractivity contribution in [2.24, 2.45) is 0 Å². The smallest absolute Gasteiger partial charge is 0.328 e. The number of carboxylic acids is 1. The summed E-state index contributed by atoms with van der Waals surface area (Å²) in [5.74, 6) is -0.959. The van der Waals surface area contributed by atoms with Crippen LogP contribution in [0, 0.1) is 0 Å². The summed E-state index contributed by atoms with van der Waals surface area (Å²) in [7, 11) is 0. The van der Waals surface area contributed by atoms with Crippen LogP contribution >= 0.6 is 0 Å². The molecule has 4 heteroatoms. The summed E-state index contributed by atoms with van der Waals surface area (Å²) in [5, 5.41) is 18.3. The molecule has 1 heterocycles. The van der Waals surface area contributed by atoms with Gasteiger partial charge in [0.2, 0.25) is 0 Å². The number of aliphatic carboxylic acids is 1. The number of epoxide rings is 1. The van der Waals surface area contributed by atoms with Crippen LogP contribution in [-0.2, 0) is 9.53 Å². The molecule has 0 aromatic rings. The van der Waals surface area contributed by atoms with E-state index < -0.39 is 12.1 Å². The van der Waals surface area contributed by atoms with Crippen LogP contribution in [0.1, 0.15) is 64.7 Å². The second kappa shape index (κ2) is 14.5. The van der Waals surface area contributed by atoms with Crippen LogP contribution < -0.4 is 0 Å². The van der Waals surface area contributed by atoms with E-state index in [0.717, 1.165) is 25.3 Å². The fourth-order valence-electron chi connectivity index (χ4n) is 2.88. The number of hydrogen-bond donors (Lipinski definition) is 2. The van der Waals surface area contributed by atoms with E-state index in [0.29, 0.717) is 12.2 Å². The Hall–Kier alpha value is -1.65. The Labute approximate surface area is 158 Å². The van der Waals surface area contributed by atoms with Crippen molar-refractivity contribution in [3.05, 3.63) is 48.6 Å². The number of unbranched alkanes of at least 4 members (excludes halogenated alkanes) is 5. The normalized spacial score (nSPS) is 21.5. The third-order valence-corrected chi connectivity index (χ3v) is 4.46. The van der Waals surface area contributed by atoms with E-state index in [1.165, 1.54) is 44.6 Å². The maximum atomic E-state index is 10.2. The highest BCUT2D eigenvalue weighted by Crippen LogP contribution is 2.29. The van der Waals surface area contributed by atoms with E-state index in [-0.39, 0.29) is 0 Å². The van der Waals surface area contributed by atoms with Crippen LogP contribution in [-0.4, -0.2) is 34.5 Å². The topological polar surface area (TPSA) is 70.1 Å². The number of carboxylic acid groups (broad SMARTS) is 1. The van der Waals surface area contributed by atoms with Crippen molar-refractivity contribution in [2.75, 3.05) is 0 Å². The lowest BCUT2D eigenvalue weighted by Gasteiger charge is -2.05. The van der Waals surface area contributed by atoms with Crippen LogP contribution in [0.15, 0.2) is 48.6 Å². The van der Waals surface area contributed by atoms with Gasteiger partial charge < -0.3 is 14.9 Å². The summed E-state index contributed by atoms with van der Waals surface area (Å²) in [5.41, 5.74) is 0. The predicted molar refractivity (Wildman–Crippen MR) is 106 cm³/mol. The van der Waals surface area contributed by atoms with Gasteiger partial charge in [-0.15, -0.1) is 0 Å². The standard InChI is InChI=1S/C22H34O4/c1-2-20-21(26-20)17-13-9-5-3-7-11-15-19(23)16-12-8-4-6-10-14-18-22(24)25/h4,6,8,10,12,14,16,18-21,23H,2-3,5,7,9,11,13,15,17H2,1H3,(H,24,25)/b8-4+,10-6+,16-12+,18-14+. The molecule has 0 radical (unpaired) electrons. The molecule has 1 rings (SSSR count). The molecule has 3 unspecified atom stereocenters. The lowest BCUT2D eigenvalue weighted by atomic mass is 10.0. The summed E-state index contributed by atoms with van der Waals surface area (Å²) in [4.78, 5) is 10.2. The average molecular weight is 363 g/mol. The molecule has 26 heavy (non-hydrogen) atoms. The number of ether oxygens (including phenoxy) is 1. The first-order chi connectivity index (χ1) is 12.6. The Bertz CT molecular complexity index is 490. The van der Waals surface area contributed by atoms with Crippen molar-refractivity contribution in [1.29, 1.82) is 0 Å². The number of rotatable bonds is 15. The Morgan fingerprint density at radius 1 is 0.923 bits per heavy atom. The van der Waals surface area contributed by atoms with Crippen molar-refractivity contribution in [2.45, 2.75) is 83.0 Å². The van der Waals surface area contributed by atoms with Gasteiger partial charge in [-0.05, 0) is 19.3 Å². The molecule has 0 saturated carbocycles. The van der Waals surface area contributed by atoms with Gasteiger partial charge in [0.1, 0.15) is 0 Å². The van der Waals surface area contributed by atoms with Crippen LogP contribution in [0.5, 0.6) is 0 Å². The zero-order valence-electron chi connectivity index (χ0n) is 15.9. The van der Waals surface area contributed by atoms with Gasteiger partial charge >= 0.3 is 5.97 Å². The summed E-state index contributed by atoms with van der Waals surface area (Å²) in [6.07, 6.45) is 24.4. The van der Waals surface area contributed by atoms with E-state index in [4.69, 9.17) is 9.84 Å². The molecule has 0 aliphatic carbocycles. The van der Waals surface area contributed by atoms with Crippen molar-refractivity contribution in [1.82, 2.24) is 0 Å². The molecule has 3 atom stereocenters. The zero-order valence-corrected chi connectivity index (χ0v) is 15.9. The van der Waals surface area contributed by atoms with Gasteiger partial charge in [0, 0.05) is 6.08 Å². The quantitative estimate of drug-likeness (QED) is 0.187. The molecule has 0 bridgehead atoms. The minimum atomic E-state index is -0.959. The Balaban J connectivity index is 1.91. The third-order valence-electron chi connectivity index (χ3n) is 4.46. The summed E-state index contributed by atoms with van der Waals surface area (Å²) in [6, 6.07) is 0. The molecular weight excluding hydrogens is 328 g/mol. The molecule has 0 spiro atoms. The van der Waals surface area contributed by atoms with E-state index in [1.807, 2.05) is 12.2 Å². The second-order valence-corrected chi connectivity index (χ2v) is 6.74. The monoisotopic (exact) mass is 362 g/mol. The molecule has 0 aromatic heterocycles. The van der Waals surface area contributed by atoms with Crippen molar-refractivity contribution >= 4 is 5.97 Å². The van der Waals surface area contributed by atoms with Crippen LogP contribution in [0.4, 0.5) is 0 Å². The molecule has 146 valence electrons. The molecule has 1 fully saturated rings. The van der Waals surface area contributed by atoms with Crippen molar-refractivity contribution < 1.29 is 19.7 Å². The number of aliphatic hydroxyl groups excluding tert-OH is 1. The minimum Gasteiger partial charge on any atom is -0.478 e. The van der Waals surface area contributed by atoms with Gasteiger partial charge in [-0.2, -0.15) is 0 Å². The van der Waals surface area contributed by atoms with E-state index in [2.05, 4.69) is 6.92 Å². The number of allylic oxidation sites excluding steroid dienone is 6. The Morgan fingerprint density at radius 2 is 1.54 bits per heavy atom. The summed E-state index contributed by atoms with van der Waals surface area (Å²) in [6.45, 7) is 2.18. The van der Waals surface area contributed by atoms with Gasteiger partial charge in [-0.25, -0.2) is 4.79 Å². The van der Waals surface area contributed by atoms with Gasteiger partial charge in [0.15, 0.2) is 0 Å². The van der Waals surface area contributed by atoms with Gasteiger partial charge in [0.25, 0.3) is 0 Å². The summed E-state index contributed by atoms with van der Waals surface area (Å²) < 4.78 is 5.54. The van der Waals surface area contributed by atoms with Crippen LogP contribution in [0.25, 0.3) is 0 Å². The highest BCUT2D eigenvalue weighted by atomic mass is 16.6. The molecule has 1 aliphatic heterocycles. The Morgan fingerprint density at radius 3 is 2.19 bits per heavy atom. The zero-order chi connectivity index (χ0) is 19.0. The number of aliphatic hydroxyl groups is 1. The lowest BCUT2D eigenvalue weighted by molar-refractivity contribution is -0.131. The van der Waals surface area contributed by atoms with Crippen LogP contribution in [0.3, 0.4) is 0 Å². The molecule has 2 N–H and O–H groups in total. The molecule has 0 amide bonds. The van der Waals surface area contributed by atoms with Gasteiger partial charge in [-0.3, -0.25) is 0 Å². The highest BCUT2D eigenvalue weighted by Gasteiger charge is 2.35. The Kier molecular flexibility index (Phi) is 12.5. The molecule has 1 saturated heterocycles. The number of hydrogen-bond acceptors (Lipinski definition) is 3. The first kappa shape index (κ1) is 22.4. The summed E-state index contributed by atoms with van der Waals surface area (Å²) >= 11 is 0. The largest absolute Gasteiger partial charge is 0.478 e. The van der Waals surface area contributed by atoms with E-state index >= 15 is 0 Å².